The molecule has 1 N–H and O–H groups in total. The van der Waals surface area contributed by atoms with E-state index in [1.54, 1.807) is 6.92 Å². The van der Waals surface area contributed by atoms with Crippen LogP contribution in [0.1, 0.15) is 51.9 Å². The zero-order chi connectivity index (χ0) is 25.2. The predicted octanol–water partition coefficient (Wildman–Crippen LogP) is 6.16. The highest BCUT2D eigenvalue weighted by atomic mass is 32.1. The Hall–Kier alpha value is -3.55. The van der Waals surface area contributed by atoms with E-state index in [1.807, 2.05) is 60.7 Å². The van der Waals surface area contributed by atoms with Crippen LogP contribution >= 0.6 is 11.3 Å². The SMILES string of the molecule is CCOC(=O)c1c(NC(=O)c2cc(-c3ccccc3)nc3ccccc23)sc2c1CCN(C(C)C)C2. The van der Waals surface area contributed by atoms with Crippen molar-refractivity contribution in [1.29, 1.82) is 0 Å². The van der Waals surface area contributed by atoms with Crippen molar-refractivity contribution in [2.75, 3.05) is 18.5 Å². The Kier molecular flexibility index (Phi) is 6.85. The third-order valence-electron chi connectivity index (χ3n) is 6.55. The zero-order valence-electron chi connectivity index (χ0n) is 20.7. The van der Waals surface area contributed by atoms with E-state index in [1.165, 1.54) is 11.3 Å². The topological polar surface area (TPSA) is 71.5 Å². The van der Waals surface area contributed by atoms with Crippen LogP contribution in [-0.4, -0.2) is 41.0 Å². The number of esters is 1. The minimum absolute atomic E-state index is 0.268. The molecule has 2 aromatic carbocycles. The van der Waals surface area contributed by atoms with E-state index in [4.69, 9.17) is 9.72 Å². The lowest BCUT2D eigenvalue weighted by Gasteiger charge is -2.30. The number of anilines is 1. The van der Waals surface area contributed by atoms with E-state index in [2.05, 4.69) is 24.1 Å². The summed E-state index contributed by atoms with van der Waals surface area (Å²) in [6, 6.07) is 19.7. The van der Waals surface area contributed by atoms with Crippen LogP contribution in [0.15, 0.2) is 60.7 Å². The van der Waals surface area contributed by atoms with Gasteiger partial charge in [0.1, 0.15) is 5.00 Å². The monoisotopic (exact) mass is 499 g/mol. The van der Waals surface area contributed by atoms with Crippen LogP contribution < -0.4 is 5.32 Å². The number of aromatic nitrogens is 1. The summed E-state index contributed by atoms with van der Waals surface area (Å²) < 4.78 is 5.39. The van der Waals surface area contributed by atoms with Gasteiger partial charge >= 0.3 is 5.97 Å². The van der Waals surface area contributed by atoms with Crippen molar-refractivity contribution in [3.8, 4) is 11.3 Å². The molecule has 1 amide bonds. The summed E-state index contributed by atoms with van der Waals surface area (Å²) in [5.41, 5.74) is 4.41. The van der Waals surface area contributed by atoms with Gasteiger partial charge in [-0.15, -0.1) is 11.3 Å². The average Bonchev–Trinajstić information content (AvgIpc) is 3.25. The molecule has 7 heteroatoms. The number of nitrogens with one attached hydrogen (secondary N) is 1. The first kappa shape index (κ1) is 24.2. The van der Waals surface area contributed by atoms with Crippen molar-refractivity contribution in [1.82, 2.24) is 9.88 Å². The van der Waals surface area contributed by atoms with Gasteiger partial charge in [-0.2, -0.15) is 0 Å². The standard InChI is InChI=1S/C29H29N3O3S/c1-4-35-29(34)26-21-14-15-32(18(2)3)17-25(21)36-28(26)31-27(33)22-16-24(19-10-6-5-7-11-19)30-23-13-9-8-12-20(22)23/h5-13,16,18H,4,14-15,17H2,1-3H3,(H,31,33). The van der Waals surface area contributed by atoms with E-state index < -0.39 is 0 Å². The Morgan fingerprint density at radius 3 is 2.61 bits per heavy atom. The lowest BCUT2D eigenvalue weighted by Crippen LogP contribution is -2.35. The molecule has 0 fully saturated rings. The number of pyridine rings is 1. The quantitative estimate of drug-likeness (QED) is 0.322. The van der Waals surface area contributed by atoms with Gasteiger partial charge in [0.2, 0.25) is 0 Å². The number of hydrogen-bond acceptors (Lipinski definition) is 6. The number of amides is 1. The summed E-state index contributed by atoms with van der Waals surface area (Å²) in [7, 11) is 0. The lowest BCUT2D eigenvalue weighted by molar-refractivity contribution is 0.0526. The molecule has 184 valence electrons. The van der Waals surface area contributed by atoms with Gasteiger partial charge in [0, 0.05) is 35.0 Å². The van der Waals surface area contributed by atoms with Crippen LogP contribution in [0, 0.1) is 0 Å². The van der Waals surface area contributed by atoms with Crippen LogP contribution in [0.5, 0.6) is 0 Å². The largest absolute Gasteiger partial charge is 0.462 e. The summed E-state index contributed by atoms with van der Waals surface area (Å²) in [4.78, 5) is 35.0. The summed E-state index contributed by atoms with van der Waals surface area (Å²) >= 11 is 1.48. The molecule has 0 bridgehead atoms. The van der Waals surface area contributed by atoms with Crippen molar-refractivity contribution in [2.24, 2.45) is 0 Å². The molecule has 2 aromatic heterocycles. The molecule has 4 aromatic rings. The first-order chi connectivity index (χ1) is 17.5. The maximum absolute atomic E-state index is 13.7. The van der Waals surface area contributed by atoms with Crippen molar-refractivity contribution in [3.05, 3.63) is 82.2 Å². The van der Waals surface area contributed by atoms with Gasteiger partial charge in [-0.05, 0) is 44.9 Å². The Bertz CT molecular complexity index is 1430. The second-order valence-electron chi connectivity index (χ2n) is 9.13. The summed E-state index contributed by atoms with van der Waals surface area (Å²) in [5, 5.41) is 4.39. The molecular formula is C29H29N3O3S. The number of carbonyl (C=O) groups excluding carboxylic acids is 2. The molecule has 5 rings (SSSR count). The number of hydrogen-bond donors (Lipinski definition) is 1. The molecule has 0 unspecified atom stereocenters. The Labute approximate surface area is 214 Å². The molecule has 0 atom stereocenters. The van der Waals surface area contributed by atoms with Crippen LogP contribution in [0.2, 0.25) is 0 Å². The van der Waals surface area contributed by atoms with Crippen molar-refractivity contribution >= 4 is 39.1 Å². The highest BCUT2D eigenvalue weighted by molar-refractivity contribution is 7.17. The zero-order valence-corrected chi connectivity index (χ0v) is 21.5. The number of benzene rings is 2. The third kappa shape index (κ3) is 4.64. The van der Waals surface area contributed by atoms with E-state index in [0.717, 1.165) is 52.1 Å². The molecular weight excluding hydrogens is 470 g/mol. The van der Waals surface area contributed by atoms with E-state index >= 15 is 0 Å². The van der Waals surface area contributed by atoms with Crippen LogP contribution in [0.4, 0.5) is 5.00 Å². The Morgan fingerprint density at radius 1 is 1.11 bits per heavy atom. The first-order valence-corrected chi connectivity index (χ1v) is 13.1. The molecule has 3 heterocycles. The second-order valence-corrected chi connectivity index (χ2v) is 10.2. The number of thiophene rings is 1. The van der Waals surface area contributed by atoms with E-state index in [9.17, 15) is 9.59 Å². The molecule has 6 nitrogen and oxygen atoms in total. The van der Waals surface area contributed by atoms with E-state index in [-0.39, 0.29) is 18.5 Å². The van der Waals surface area contributed by atoms with Gasteiger partial charge in [0.15, 0.2) is 0 Å². The lowest BCUT2D eigenvalue weighted by atomic mass is 10.0. The molecule has 0 aliphatic carbocycles. The number of nitrogens with zero attached hydrogens (tertiary/aromatic N) is 2. The van der Waals surface area contributed by atoms with Crippen LogP contribution in [0.3, 0.4) is 0 Å². The molecule has 0 saturated heterocycles. The second kappa shape index (κ2) is 10.2. The van der Waals surface area contributed by atoms with Gasteiger partial charge in [0.05, 0.1) is 28.9 Å². The summed E-state index contributed by atoms with van der Waals surface area (Å²) in [6.45, 7) is 8.06. The van der Waals surface area contributed by atoms with Gasteiger partial charge in [-0.25, -0.2) is 9.78 Å². The average molecular weight is 500 g/mol. The molecule has 0 saturated carbocycles. The minimum Gasteiger partial charge on any atom is -0.462 e. The fourth-order valence-electron chi connectivity index (χ4n) is 4.66. The number of para-hydroxylation sites is 1. The highest BCUT2D eigenvalue weighted by Gasteiger charge is 2.30. The smallest absolute Gasteiger partial charge is 0.341 e. The summed E-state index contributed by atoms with van der Waals surface area (Å²) in [5.74, 6) is -0.650. The predicted molar refractivity (Wildman–Crippen MR) is 145 cm³/mol. The Balaban J connectivity index is 1.56. The number of rotatable bonds is 6. The minimum atomic E-state index is -0.382. The van der Waals surface area contributed by atoms with E-state index in [0.29, 0.717) is 22.2 Å². The van der Waals surface area contributed by atoms with Crippen molar-refractivity contribution < 1.29 is 14.3 Å². The van der Waals surface area contributed by atoms with Gasteiger partial charge in [0.25, 0.3) is 5.91 Å². The number of fused-ring (bicyclic) bond motifs is 2. The molecule has 0 radical (unpaired) electrons. The van der Waals surface area contributed by atoms with Gasteiger partial charge < -0.3 is 10.1 Å². The van der Waals surface area contributed by atoms with Gasteiger partial charge in [-0.3, -0.25) is 9.69 Å². The fourth-order valence-corrected chi connectivity index (χ4v) is 5.92. The normalized spacial score (nSPS) is 13.6. The van der Waals surface area contributed by atoms with Crippen LogP contribution in [0.25, 0.3) is 22.2 Å². The fraction of sp³-hybridized carbons (Fsp3) is 0.276. The third-order valence-corrected chi connectivity index (χ3v) is 7.69. The molecule has 36 heavy (non-hydrogen) atoms. The number of ether oxygens (including phenoxy) is 1. The van der Waals surface area contributed by atoms with Crippen molar-refractivity contribution in [2.45, 2.75) is 39.8 Å². The van der Waals surface area contributed by atoms with Crippen LogP contribution in [-0.2, 0) is 17.7 Å². The maximum atomic E-state index is 13.7. The summed E-state index contributed by atoms with van der Waals surface area (Å²) in [6.07, 6.45) is 0.754. The maximum Gasteiger partial charge on any atom is 0.341 e. The number of carbonyl (C=O) groups is 2. The molecule has 1 aliphatic rings. The highest BCUT2D eigenvalue weighted by Crippen LogP contribution is 2.38. The molecule has 0 spiro atoms. The Morgan fingerprint density at radius 2 is 1.86 bits per heavy atom. The molecule has 1 aliphatic heterocycles. The first-order valence-electron chi connectivity index (χ1n) is 12.3. The van der Waals surface area contributed by atoms with Crippen molar-refractivity contribution in [3.63, 3.8) is 0 Å². The van der Waals surface area contributed by atoms with Gasteiger partial charge in [-0.1, -0.05) is 48.5 Å².